The maximum absolute atomic E-state index is 13.9. The molecule has 0 saturated carbocycles. The largest absolute Gasteiger partial charge is 0.497 e. The summed E-state index contributed by atoms with van der Waals surface area (Å²) in [6.45, 7) is 0. The van der Waals surface area contributed by atoms with Crippen LogP contribution < -0.4 is 4.74 Å². The van der Waals surface area contributed by atoms with E-state index in [-0.39, 0.29) is 5.78 Å². The minimum absolute atomic E-state index is 0.194. The molecule has 2 aliphatic heterocycles. The van der Waals surface area contributed by atoms with Crippen LogP contribution in [0.3, 0.4) is 0 Å². The first kappa shape index (κ1) is 20.5. The molecular weight excluding hydrogens is 412 g/mol. The second kappa shape index (κ2) is 7.93. The van der Waals surface area contributed by atoms with Gasteiger partial charge in [-0.1, -0.05) is 54.6 Å². The van der Waals surface area contributed by atoms with Crippen molar-refractivity contribution in [1.29, 1.82) is 10.5 Å². The van der Waals surface area contributed by atoms with Gasteiger partial charge in [0.1, 0.15) is 17.8 Å². The van der Waals surface area contributed by atoms with Crippen molar-refractivity contribution in [2.75, 3.05) is 7.11 Å². The summed E-state index contributed by atoms with van der Waals surface area (Å²) in [5, 5.41) is 27.2. The highest BCUT2D eigenvalue weighted by Crippen LogP contribution is 2.59. The van der Waals surface area contributed by atoms with E-state index in [0.717, 1.165) is 16.7 Å². The number of ether oxygens (including phenoxy) is 1. The fourth-order valence-electron chi connectivity index (χ4n) is 5.06. The molecule has 2 heterocycles. The molecule has 1 fully saturated rings. The van der Waals surface area contributed by atoms with Gasteiger partial charge in [0.05, 0.1) is 25.5 Å². The zero-order valence-electron chi connectivity index (χ0n) is 17.9. The van der Waals surface area contributed by atoms with Crippen molar-refractivity contribution in [3.63, 3.8) is 0 Å². The zero-order valence-corrected chi connectivity index (χ0v) is 17.9. The number of Topliss-reactive ketones (excluding diaryl/α,β-unsaturated/α-hetero) is 1. The second-order valence-electron chi connectivity index (χ2n) is 8.17. The van der Waals surface area contributed by atoms with Crippen LogP contribution in [0.25, 0.3) is 0 Å². The van der Waals surface area contributed by atoms with Crippen molar-refractivity contribution < 1.29 is 9.53 Å². The lowest BCUT2D eigenvalue weighted by atomic mass is 9.67. The third-order valence-electron chi connectivity index (χ3n) is 6.58. The Morgan fingerprint density at radius 3 is 2.30 bits per heavy atom. The first-order valence-corrected chi connectivity index (χ1v) is 10.6. The minimum atomic E-state index is -1.51. The summed E-state index contributed by atoms with van der Waals surface area (Å²) in [5.74, 6) is -0.249. The topological polar surface area (TPSA) is 89.5 Å². The molecule has 0 N–H and O–H groups in total. The van der Waals surface area contributed by atoms with Crippen molar-refractivity contribution in [3.05, 3.63) is 101 Å². The molecule has 1 saturated heterocycles. The summed E-state index contributed by atoms with van der Waals surface area (Å²) < 4.78 is 5.23. The number of carbonyl (C=O) groups is 1. The normalized spacial score (nSPS) is 21.9. The van der Waals surface area contributed by atoms with Gasteiger partial charge >= 0.3 is 0 Å². The van der Waals surface area contributed by atoms with Crippen molar-refractivity contribution in [3.8, 4) is 17.9 Å². The average molecular weight is 432 g/mol. The van der Waals surface area contributed by atoms with Crippen LogP contribution in [0.5, 0.6) is 5.75 Å². The SMILES string of the molecule is COc1ccc(C(=O)[C@@H]2[C@@H](c3ccccc3)C(C#N)(C#N)[C@@H]3c4ccccc4C=NN23)cc1. The van der Waals surface area contributed by atoms with E-state index < -0.39 is 23.4 Å². The van der Waals surface area contributed by atoms with Gasteiger partial charge in [0.2, 0.25) is 0 Å². The van der Waals surface area contributed by atoms with Gasteiger partial charge in [-0.3, -0.25) is 9.80 Å². The lowest BCUT2D eigenvalue weighted by Gasteiger charge is -2.33. The molecule has 160 valence electrons. The predicted molar refractivity (Wildman–Crippen MR) is 123 cm³/mol. The van der Waals surface area contributed by atoms with E-state index in [1.807, 2.05) is 54.6 Å². The molecule has 3 aromatic rings. The number of rotatable bonds is 4. The van der Waals surface area contributed by atoms with E-state index in [2.05, 4.69) is 17.2 Å². The maximum Gasteiger partial charge on any atom is 0.187 e. The van der Waals surface area contributed by atoms with Crippen LogP contribution in [0.1, 0.15) is 39.0 Å². The van der Waals surface area contributed by atoms with Crippen LogP contribution in [-0.4, -0.2) is 30.2 Å². The van der Waals surface area contributed by atoms with E-state index in [1.54, 1.807) is 42.6 Å². The van der Waals surface area contributed by atoms with Gasteiger partial charge in [-0.2, -0.15) is 15.6 Å². The molecule has 6 heteroatoms. The minimum Gasteiger partial charge on any atom is -0.497 e. The van der Waals surface area contributed by atoms with Crippen LogP contribution in [0.2, 0.25) is 0 Å². The fourth-order valence-corrected chi connectivity index (χ4v) is 5.06. The quantitative estimate of drug-likeness (QED) is 0.568. The average Bonchev–Trinajstić information content (AvgIpc) is 3.20. The smallest absolute Gasteiger partial charge is 0.187 e. The molecule has 0 bridgehead atoms. The fraction of sp³-hybridized carbons (Fsp3) is 0.185. The van der Waals surface area contributed by atoms with Gasteiger partial charge in [0.15, 0.2) is 11.2 Å². The van der Waals surface area contributed by atoms with Crippen molar-refractivity contribution in [2.24, 2.45) is 10.5 Å². The predicted octanol–water partition coefficient (Wildman–Crippen LogP) is 4.47. The molecule has 0 aromatic heterocycles. The molecule has 0 unspecified atom stereocenters. The Balaban J connectivity index is 1.74. The number of fused-ring (bicyclic) bond motifs is 3. The highest BCUT2D eigenvalue weighted by Gasteiger charge is 2.64. The Bertz CT molecular complexity index is 1300. The number of hydrazone groups is 1. The van der Waals surface area contributed by atoms with E-state index in [1.165, 1.54) is 0 Å². The lowest BCUT2D eigenvalue weighted by molar-refractivity contribution is 0.0821. The standard InChI is InChI=1S/C27H20N4O2/c1-33-21-13-11-19(12-14-21)25(32)24-23(18-7-3-2-4-8-18)27(16-28,17-29)26-22-10-6-5-9-20(22)15-30-31(24)26/h2-15,23-24,26H,1H3/t23-,24+,26+/m1/s1. The van der Waals surface area contributed by atoms with Gasteiger partial charge in [0.25, 0.3) is 0 Å². The summed E-state index contributed by atoms with van der Waals surface area (Å²) in [5.41, 5.74) is 1.39. The number of nitriles is 2. The molecule has 2 aliphatic rings. The Kier molecular flexibility index (Phi) is 4.92. The molecule has 33 heavy (non-hydrogen) atoms. The number of benzene rings is 3. The summed E-state index contributed by atoms with van der Waals surface area (Å²) in [6, 6.07) is 26.9. The molecule has 0 radical (unpaired) electrons. The van der Waals surface area contributed by atoms with E-state index in [9.17, 15) is 15.3 Å². The highest BCUT2D eigenvalue weighted by molar-refractivity contribution is 6.02. The first-order valence-electron chi connectivity index (χ1n) is 10.6. The van der Waals surface area contributed by atoms with Crippen molar-refractivity contribution in [1.82, 2.24) is 5.01 Å². The molecule has 0 spiro atoms. The molecule has 3 aromatic carbocycles. The number of hydrogen-bond acceptors (Lipinski definition) is 6. The monoisotopic (exact) mass is 432 g/mol. The van der Waals surface area contributed by atoms with Crippen LogP contribution in [0, 0.1) is 28.1 Å². The molecule has 0 amide bonds. The summed E-state index contributed by atoms with van der Waals surface area (Å²) in [4.78, 5) is 13.9. The van der Waals surface area contributed by atoms with Gasteiger partial charge in [-0.05, 0) is 41.0 Å². The number of carbonyl (C=O) groups excluding carboxylic acids is 1. The van der Waals surface area contributed by atoms with Gasteiger partial charge in [-0.15, -0.1) is 0 Å². The summed E-state index contributed by atoms with van der Waals surface area (Å²) in [6.07, 6.45) is 1.70. The second-order valence-corrected chi connectivity index (χ2v) is 8.17. The number of hydrogen-bond donors (Lipinski definition) is 0. The maximum atomic E-state index is 13.9. The summed E-state index contributed by atoms with van der Waals surface area (Å²) in [7, 11) is 1.57. The third kappa shape index (κ3) is 3.00. The van der Waals surface area contributed by atoms with Gasteiger partial charge in [-0.25, -0.2) is 0 Å². The highest BCUT2D eigenvalue weighted by atomic mass is 16.5. The third-order valence-corrected chi connectivity index (χ3v) is 6.58. The van der Waals surface area contributed by atoms with E-state index in [4.69, 9.17) is 4.74 Å². The van der Waals surface area contributed by atoms with Crippen LogP contribution in [0.4, 0.5) is 0 Å². The Hall–Kier alpha value is -4.42. The zero-order chi connectivity index (χ0) is 23.0. The number of nitrogens with zero attached hydrogens (tertiary/aromatic N) is 4. The van der Waals surface area contributed by atoms with Crippen molar-refractivity contribution in [2.45, 2.75) is 18.0 Å². The molecule has 3 atom stereocenters. The van der Waals surface area contributed by atoms with Crippen LogP contribution in [0.15, 0.2) is 84.0 Å². The van der Waals surface area contributed by atoms with Crippen LogP contribution in [-0.2, 0) is 0 Å². The lowest BCUT2D eigenvalue weighted by Crippen LogP contribution is -2.38. The number of methoxy groups -OCH3 is 1. The molecular formula is C27H20N4O2. The van der Waals surface area contributed by atoms with Crippen molar-refractivity contribution >= 4 is 12.0 Å². The number of ketones is 1. The van der Waals surface area contributed by atoms with Gasteiger partial charge in [0, 0.05) is 11.5 Å². The van der Waals surface area contributed by atoms with Gasteiger partial charge < -0.3 is 4.74 Å². The molecule has 0 aliphatic carbocycles. The van der Waals surface area contributed by atoms with E-state index in [0.29, 0.717) is 11.3 Å². The first-order chi connectivity index (χ1) is 16.1. The Labute approximate surface area is 192 Å². The van der Waals surface area contributed by atoms with E-state index >= 15 is 0 Å². The molecule has 5 rings (SSSR count). The Morgan fingerprint density at radius 1 is 0.970 bits per heavy atom. The Morgan fingerprint density at radius 2 is 1.64 bits per heavy atom. The summed E-state index contributed by atoms with van der Waals surface area (Å²) >= 11 is 0. The van der Waals surface area contributed by atoms with Crippen LogP contribution >= 0.6 is 0 Å². The molecule has 6 nitrogen and oxygen atoms in total.